The number of fused-ring (bicyclic) bond motifs is 3. The van der Waals surface area contributed by atoms with Gasteiger partial charge in [-0.3, -0.25) is 9.59 Å². The van der Waals surface area contributed by atoms with Crippen LogP contribution in [0.4, 0.5) is 4.79 Å². The number of carbonyl (C=O) groups is 3. The summed E-state index contributed by atoms with van der Waals surface area (Å²) < 4.78 is 5.62. The van der Waals surface area contributed by atoms with E-state index in [0.29, 0.717) is 6.54 Å². The van der Waals surface area contributed by atoms with Crippen molar-refractivity contribution in [2.75, 3.05) is 27.2 Å². The van der Waals surface area contributed by atoms with Crippen LogP contribution in [0.3, 0.4) is 0 Å². The Morgan fingerprint density at radius 1 is 1.03 bits per heavy atom. The highest BCUT2D eigenvalue weighted by atomic mass is 16.5. The van der Waals surface area contributed by atoms with Crippen molar-refractivity contribution in [1.29, 1.82) is 0 Å². The van der Waals surface area contributed by atoms with Gasteiger partial charge in [0.05, 0.1) is 6.42 Å². The fourth-order valence-corrected chi connectivity index (χ4v) is 5.32. The Bertz CT molecular complexity index is 1040. The van der Waals surface area contributed by atoms with E-state index in [1.807, 2.05) is 43.3 Å². The molecule has 2 aliphatic rings. The highest BCUT2D eigenvalue weighted by Gasteiger charge is 2.33. The number of likely N-dealkylation sites (N-methyl/N-ethyl adjacent to an activating group) is 1. The van der Waals surface area contributed by atoms with E-state index in [-0.39, 0.29) is 36.8 Å². The SMILES string of the molecule is CN(C)C[C@H](NC(=O)OCC1c2ccccc2-c2ccccc21)C(=O)N[C@@H]1CCC[C@H]1CC(=O)O. The van der Waals surface area contributed by atoms with Gasteiger partial charge in [0.25, 0.3) is 0 Å². The normalized spacial score (nSPS) is 19.6. The molecule has 2 amide bonds. The van der Waals surface area contributed by atoms with Gasteiger partial charge in [-0.05, 0) is 55.1 Å². The molecule has 0 radical (unpaired) electrons. The van der Waals surface area contributed by atoms with Gasteiger partial charge in [0, 0.05) is 18.5 Å². The van der Waals surface area contributed by atoms with Gasteiger partial charge < -0.3 is 25.4 Å². The van der Waals surface area contributed by atoms with Crippen LogP contribution in [-0.4, -0.2) is 67.3 Å². The third-order valence-corrected chi connectivity index (χ3v) is 6.92. The van der Waals surface area contributed by atoms with Gasteiger partial charge >= 0.3 is 12.1 Å². The predicted octanol–water partition coefficient (Wildman–Crippen LogP) is 3.21. The predicted molar refractivity (Wildman–Crippen MR) is 132 cm³/mol. The van der Waals surface area contributed by atoms with E-state index in [9.17, 15) is 14.4 Å². The van der Waals surface area contributed by atoms with E-state index in [0.717, 1.165) is 41.5 Å². The second kappa shape index (κ2) is 10.9. The summed E-state index contributed by atoms with van der Waals surface area (Å²) in [6.07, 6.45) is 1.77. The molecule has 1 fully saturated rings. The molecule has 0 saturated heterocycles. The third kappa shape index (κ3) is 5.82. The number of rotatable bonds is 9. The number of carboxylic acids is 1. The third-order valence-electron chi connectivity index (χ3n) is 6.92. The number of alkyl carbamates (subject to hydrolysis) is 1. The summed E-state index contributed by atoms with van der Waals surface area (Å²) in [7, 11) is 3.64. The second-order valence-corrected chi connectivity index (χ2v) is 9.69. The molecule has 2 aliphatic carbocycles. The number of aliphatic carboxylic acids is 1. The molecule has 0 aromatic heterocycles. The van der Waals surface area contributed by atoms with Gasteiger partial charge in [-0.15, -0.1) is 0 Å². The van der Waals surface area contributed by atoms with Crippen molar-refractivity contribution in [3.63, 3.8) is 0 Å². The number of carboxylic acid groups (broad SMARTS) is 1. The van der Waals surface area contributed by atoms with Crippen molar-refractivity contribution in [2.45, 2.75) is 43.7 Å². The number of carbonyl (C=O) groups excluding carboxylic acids is 2. The lowest BCUT2D eigenvalue weighted by molar-refractivity contribution is -0.138. The summed E-state index contributed by atoms with van der Waals surface area (Å²) >= 11 is 0. The van der Waals surface area contributed by atoms with Crippen molar-refractivity contribution < 1.29 is 24.2 Å². The monoisotopic (exact) mass is 479 g/mol. The molecule has 0 heterocycles. The van der Waals surface area contributed by atoms with Crippen molar-refractivity contribution in [1.82, 2.24) is 15.5 Å². The van der Waals surface area contributed by atoms with Crippen LogP contribution in [0.5, 0.6) is 0 Å². The molecule has 3 atom stereocenters. The van der Waals surface area contributed by atoms with Crippen LogP contribution in [0, 0.1) is 5.92 Å². The van der Waals surface area contributed by atoms with E-state index in [1.54, 1.807) is 0 Å². The average molecular weight is 480 g/mol. The Morgan fingerprint density at radius 2 is 1.66 bits per heavy atom. The molecular formula is C27H33N3O5. The van der Waals surface area contributed by atoms with E-state index in [1.165, 1.54) is 0 Å². The van der Waals surface area contributed by atoms with Gasteiger partial charge in [-0.2, -0.15) is 0 Å². The lowest BCUT2D eigenvalue weighted by atomic mass is 9.98. The van der Waals surface area contributed by atoms with Gasteiger partial charge in [-0.25, -0.2) is 4.79 Å². The largest absolute Gasteiger partial charge is 0.481 e. The minimum absolute atomic E-state index is 0.0309. The molecule has 8 nitrogen and oxygen atoms in total. The number of hydrogen-bond acceptors (Lipinski definition) is 5. The Hall–Kier alpha value is -3.39. The molecule has 0 unspecified atom stereocenters. The average Bonchev–Trinajstić information content (AvgIpc) is 3.38. The molecule has 0 bridgehead atoms. The van der Waals surface area contributed by atoms with Gasteiger partial charge in [0.1, 0.15) is 12.6 Å². The van der Waals surface area contributed by atoms with E-state index in [4.69, 9.17) is 9.84 Å². The first kappa shape index (κ1) is 24.7. The topological polar surface area (TPSA) is 108 Å². The Morgan fingerprint density at radius 3 is 2.26 bits per heavy atom. The Balaban J connectivity index is 1.38. The van der Waals surface area contributed by atoms with Crippen molar-refractivity contribution in [3.8, 4) is 11.1 Å². The molecule has 1 saturated carbocycles. The fourth-order valence-electron chi connectivity index (χ4n) is 5.32. The number of nitrogens with zero attached hydrogens (tertiary/aromatic N) is 1. The number of nitrogens with one attached hydrogen (secondary N) is 2. The molecule has 0 spiro atoms. The Labute approximate surface area is 205 Å². The maximum atomic E-state index is 13.0. The highest BCUT2D eigenvalue weighted by Crippen LogP contribution is 2.44. The summed E-state index contributed by atoms with van der Waals surface area (Å²) in [6, 6.07) is 15.2. The van der Waals surface area contributed by atoms with Crippen LogP contribution in [0.2, 0.25) is 0 Å². The summed E-state index contributed by atoms with van der Waals surface area (Å²) in [4.78, 5) is 38.8. The summed E-state index contributed by atoms with van der Waals surface area (Å²) in [5, 5.41) is 14.8. The lowest BCUT2D eigenvalue weighted by Gasteiger charge is -2.26. The molecule has 35 heavy (non-hydrogen) atoms. The summed E-state index contributed by atoms with van der Waals surface area (Å²) in [6.45, 7) is 0.464. The van der Waals surface area contributed by atoms with E-state index in [2.05, 4.69) is 34.9 Å². The highest BCUT2D eigenvalue weighted by molar-refractivity contribution is 5.86. The van der Waals surface area contributed by atoms with E-state index < -0.39 is 18.1 Å². The number of hydrogen-bond donors (Lipinski definition) is 3. The zero-order valence-electron chi connectivity index (χ0n) is 20.2. The number of benzene rings is 2. The van der Waals surface area contributed by atoms with Crippen LogP contribution in [0.1, 0.15) is 42.7 Å². The molecule has 4 rings (SSSR count). The second-order valence-electron chi connectivity index (χ2n) is 9.69. The smallest absolute Gasteiger partial charge is 0.407 e. The molecular weight excluding hydrogens is 446 g/mol. The van der Waals surface area contributed by atoms with Gasteiger partial charge in [0.2, 0.25) is 5.91 Å². The van der Waals surface area contributed by atoms with Gasteiger partial charge in [-0.1, -0.05) is 55.0 Å². The van der Waals surface area contributed by atoms with Crippen LogP contribution in [0.15, 0.2) is 48.5 Å². The maximum Gasteiger partial charge on any atom is 0.407 e. The van der Waals surface area contributed by atoms with Crippen LogP contribution < -0.4 is 10.6 Å². The van der Waals surface area contributed by atoms with Crippen molar-refractivity contribution >= 4 is 18.0 Å². The molecule has 8 heteroatoms. The zero-order valence-corrected chi connectivity index (χ0v) is 20.2. The van der Waals surface area contributed by atoms with Gasteiger partial charge in [0.15, 0.2) is 0 Å². The summed E-state index contributed by atoms with van der Waals surface area (Å²) in [5.74, 6) is -1.34. The first-order valence-corrected chi connectivity index (χ1v) is 12.1. The lowest BCUT2D eigenvalue weighted by Crippen LogP contribution is -2.54. The molecule has 186 valence electrons. The number of ether oxygens (including phenoxy) is 1. The zero-order chi connectivity index (χ0) is 24.9. The Kier molecular flexibility index (Phi) is 7.70. The molecule has 2 aromatic carbocycles. The molecule has 3 N–H and O–H groups in total. The van der Waals surface area contributed by atoms with E-state index >= 15 is 0 Å². The van der Waals surface area contributed by atoms with Crippen molar-refractivity contribution in [3.05, 3.63) is 59.7 Å². The fraction of sp³-hybridized carbons (Fsp3) is 0.444. The minimum atomic E-state index is -0.863. The van der Waals surface area contributed by atoms with Crippen LogP contribution in [0.25, 0.3) is 11.1 Å². The molecule has 2 aromatic rings. The van der Waals surface area contributed by atoms with Crippen LogP contribution in [-0.2, 0) is 14.3 Å². The number of amides is 2. The minimum Gasteiger partial charge on any atom is -0.481 e. The molecule has 0 aliphatic heterocycles. The first-order chi connectivity index (χ1) is 16.8. The van der Waals surface area contributed by atoms with Crippen LogP contribution >= 0.6 is 0 Å². The standard InChI is InChI=1S/C27H33N3O5/c1-30(2)15-24(26(33)28-23-13-7-8-17(23)14-25(31)32)29-27(34)35-16-22-20-11-5-3-9-18(20)19-10-4-6-12-21(19)22/h3-6,9-12,17,22-24H,7-8,13-16H2,1-2H3,(H,28,33)(H,29,34)(H,31,32)/t17-,23+,24-/m0/s1. The first-order valence-electron chi connectivity index (χ1n) is 12.1. The quantitative estimate of drug-likeness (QED) is 0.510. The van der Waals surface area contributed by atoms with Crippen molar-refractivity contribution in [2.24, 2.45) is 5.92 Å². The maximum absolute atomic E-state index is 13.0. The summed E-state index contributed by atoms with van der Waals surface area (Å²) in [5.41, 5.74) is 4.54.